The summed E-state index contributed by atoms with van der Waals surface area (Å²) in [4.78, 5) is 12.3. The Morgan fingerprint density at radius 2 is 1.06 bits per heavy atom. The highest BCUT2D eigenvalue weighted by molar-refractivity contribution is 6.00. The average molecular weight is 246 g/mol. The fraction of sp³-hybridized carbons (Fsp3) is 0.941. The molecule has 0 radical (unpaired) electrons. The third-order valence-electron chi connectivity index (χ3n) is 6.70. The largest absolute Gasteiger partial charge is 0.299 e. The lowest BCUT2D eigenvalue weighted by molar-refractivity contribution is -0.113. The predicted molar refractivity (Wildman–Crippen MR) is 72.1 cm³/mol. The molecule has 18 heavy (non-hydrogen) atoms. The SMILES string of the molecule is O=C1C2C3CCCCC3CCC3CCCCC3C12. The molecule has 6 atom stereocenters. The standard InChI is InChI=1S/C17H26O/c18-17-15-13-7-3-1-5-11(13)9-10-12-6-2-4-8-14(12)16(15)17/h11-16H,1-10H2. The Hall–Kier alpha value is -0.330. The van der Waals surface area contributed by atoms with Gasteiger partial charge in [0, 0.05) is 11.8 Å². The number of Topliss-reactive ketones (excluding diaryl/α,β-unsaturated/α-hetero) is 1. The Labute approximate surface area is 111 Å². The van der Waals surface area contributed by atoms with Gasteiger partial charge in [0.05, 0.1) is 0 Å². The molecule has 0 aliphatic heterocycles. The van der Waals surface area contributed by atoms with Gasteiger partial charge in [-0.2, -0.15) is 0 Å². The first-order chi connectivity index (χ1) is 8.86. The van der Waals surface area contributed by atoms with E-state index in [1.807, 2.05) is 0 Å². The molecule has 0 bridgehead atoms. The van der Waals surface area contributed by atoms with Gasteiger partial charge in [0.15, 0.2) is 0 Å². The Morgan fingerprint density at radius 3 is 1.56 bits per heavy atom. The first kappa shape index (κ1) is 11.5. The van der Waals surface area contributed by atoms with Crippen molar-refractivity contribution in [2.24, 2.45) is 35.5 Å². The molecule has 4 aliphatic rings. The van der Waals surface area contributed by atoms with Crippen LogP contribution in [0.15, 0.2) is 0 Å². The van der Waals surface area contributed by atoms with Gasteiger partial charge in [-0.25, -0.2) is 0 Å². The van der Waals surface area contributed by atoms with E-state index in [0.717, 1.165) is 23.7 Å². The molecule has 4 saturated carbocycles. The number of ketones is 1. The third kappa shape index (κ3) is 1.69. The van der Waals surface area contributed by atoms with E-state index in [1.54, 1.807) is 0 Å². The summed E-state index contributed by atoms with van der Waals surface area (Å²) in [5.74, 6) is 5.19. The minimum absolute atomic E-state index is 0.529. The van der Waals surface area contributed by atoms with Crippen LogP contribution in [0, 0.1) is 35.5 Å². The minimum atomic E-state index is 0.529. The van der Waals surface area contributed by atoms with Crippen molar-refractivity contribution in [3.05, 3.63) is 0 Å². The van der Waals surface area contributed by atoms with Gasteiger partial charge in [0.25, 0.3) is 0 Å². The highest BCUT2D eigenvalue weighted by Gasteiger charge is 2.60. The summed E-state index contributed by atoms with van der Waals surface area (Å²) in [5, 5.41) is 0. The van der Waals surface area contributed by atoms with Gasteiger partial charge < -0.3 is 0 Å². The monoisotopic (exact) mass is 246 g/mol. The van der Waals surface area contributed by atoms with E-state index in [2.05, 4.69) is 0 Å². The lowest BCUT2D eigenvalue weighted by Gasteiger charge is -2.39. The van der Waals surface area contributed by atoms with Gasteiger partial charge >= 0.3 is 0 Å². The molecule has 0 aromatic carbocycles. The molecule has 100 valence electrons. The van der Waals surface area contributed by atoms with Crippen LogP contribution >= 0.6 is 0 Å². The van der Waals surface area contributed by atoms with E-state index in [9.17, 15) is 4.79 Å². The van der Waals surface area contributed by atoms with Crippen LogP contribution in [0.1, 0.15) is 64.2 Å². The van der Waals surface area contributed by atoms with Crippen molar-refractivity contribution >= 4 is 5.78 Å². The highest BCUT2D eigenvalue weighted by atomic mass is 16.1. The van der Waals surface area contributed by atoms with Crippen molar-refractivity contribution in [3.8, 4) is 0 Å². The molecule has 4 rings (SSSR count). The lowest BCUT2D eigenvalue weighted by Crippen LogP contribution is -2.30. The first-order valence-electron chi connectivity index (χ1n) is 8.40. The Bertz CT molecular complexity index is 316. The molecule has 0 aromatic heterocycles. The van der Waals surface area contributed by atoms with Gasteiger partial charge in [0.2, 0.25) is 0 Å². The third-order valence-corrected chi connectivity index (χ3v) is 6.70. The van der Waals surface area contributed by atoms with E-state index in [-0.39, 0.29) is 0 Å². The fourth-order valence-corrected chi connectivity index (χ4v) is 5.80. The molecule has 4 fully saturated rings. The van der Waals surface area contributed by atoms with Crippen LogP contribution in [0.4, 0.5) is 0 Å². The van der Waals surface area contributed by atoms with Crippen molar-refractivity contribution in [2.75, 3.05) is 0 Å². The van der Waals surface area contributed by atoms with Gasteiger partial charge in [0.1, 0.15) is 5.78 Å². The summed E-state index contributed by atoms with van der Waals surface area (Å²) < 4.78 is 0. The van der Waals surface area contributed by atoms with Gasteiger partial charge in [-0.15, -0.1) is 0 Å². The molecule has 1 nitrogen and oxygen atoms in total. The zero-order valence-corrected chi connectivity index (χ0v) is 11.4. The molecule has 0 heterocycles. The van der Waals surface area contributed by atoms with Crippen LogP contribution in [0.2, 0.25) is 0 Å². The predicted octanol–water partition coefficient (Wildman–Crippen LogP) is 4.21. The fourth-order valence-electron chi connectivity index (χ4n) is 5.80. The summed E-state index contributed by atoms with van der Waals surface area (Å²) in [6, 6.07) is 0. The van der Waals surface area contributed by atoms with Crippen LogP contribution in [-0.4, -0.2) is 5.78 Å². The molecular formula is C17H26O. The lowest BCUT2D eigenvalue weighted by atomic mass is 9.66. The van der Waals surface area contributed by atoms with Crippen LogP contribution in [0.5, 0.6) is 0 Å². The zero-order chi connectivity index (χ0) is 12.1. The van der Waals surface area contributed by atoms with Gasteiger partial charge in [-0.3, -0.25) is 4.79 Å². The van der Waals surface area contributed by atoms with Crippen LogP contribution in [0.25, 0.3) is 0 Å². The zero-order valence-electron chi connectivity index (χ0n) is 11.4. The number of hydrogen-bond acceptors (Lipinski definition) is 1. The smallest absolute Gasteiger partial charge is 0.141 e. The van der Waals surface area contributed by atoms with E-state index < -0.39 is 0 Å². The molecule has 0 amide bonds. The maximum absolute atomic E-state index is 12.3. The summed E-state index contributed by atoms with van der Waals surface area (Å²) in [7, 11) is 0. The van der Waals surface area contributed by atoms with E-state index >= 15 is 0 Å². The molecule has 4 aliphatic carbocycles. The maximum Gasteiger partial charge on any atom is 0.141 e. The van der Waals surface area contributed by atoms with Crippen LogP contribution in [-0.2, 0) is 4.79 Å². The second-order valence-corrected chi connectivity index (χ2v) is 7.45. The quantitative estimate of drug-likeness (QED) is 0.626. The van der Waals surface area contributed by atoms with E-state index in [4.69, 9.17) is 0 Å². The van der Waals surface area contributed by atoms with Gasteiger partial charge in [-0.05, 0) is 49.4 Å². The molecule has 0 N–H and O–H groups in total. The summed E-state index contributed by atoms with van der Waals surface area (Å²) >= 11 is 0. The Morgan fingerprint density at radius 1 is 0.611 bits per heavy atom. The van der Waals surface area contributed by atoms with Crippen LogP contribution in [0.3, 0.4) is 0 Å². The Kier molecular flexibility index (Phi) is 2.78. The molecule has 0 aromatic rings. The number of rotatable bonds is 0. The number of fused-ring (bicyclic) bond motifs is 5. The van der Waals surface area contributed by atoms with Gasteiger partial charge in [-0.1, -0.05) is 38.5 Å². The molecule has 1 heteroatoms. The second-order valence-electron chi connectivity index (χ2n) is 7.45. The van der Waals surface area contributed by atoms with Crippen molar-refractivity contribution in [1.82, 2.24) is 0 Å². The topological polar surface area (TPSA) is 17.1 Å². The molecule has 6 unspecified atom stereocenters. The normalized spacial score (nSPS) is 51.4. The average Bonchev–Trinajstić information content (AvgIpc) is 3.05. The number of hydrogen-bond donors (Lipinski definition) is 0. The maximum atomic E-state index is 12.3. The Balaban J connectivity index is 1.59. The van der Waals surface area contributed by atoms with Crippen molar-refractivity contribution in [2.45, 2.75) is 64.2 Å². The molecular weight excluding hydrogens is 220 g/mol. The van der Waals surface area contributed by atoms with Crippen LogP contribution < -0.4 is 0 Å². The molecule has 0 spiro atoms. The number of carbonyl (C=O) groups excluding carboxylic acids is 1. The van der Waals surface area contributed by atoms with E-state index in [0.29, 0.717) is 17.6 Å². The van der Waals surface area contributed by atoms with Crippen molar-refractivity contribution in [3.63, 3.8) is 0 Å². The summed E-state index contributed by atoms with van der Waals surface area (Å²) in [6.45, 7) is 0. The summed E-state index contributed by atoms with van der Waals surface area (Å²) in [6.07, 6.45) is 14.1. The minimum Gasteiger partial charge on any atom is -0.299 e. The summed E-state index contributed by atoms with van der Waals surface area (Å²) in [5.41, 5.74) is 0. The second kappa shape index (κ2) is 4.35. The molecule has 0 saturated heterocycles. The highest BCUT2D eigenvalue weighted by Crippen LogP contribution is 2.58. The van der Waals surface area contributed by atoms with E-state index in [1.165, 1.54) is 64.2 Å². The first-order valence-corrected chi connectivity index (χ1v) is 8.40. The number of carbonyl (C=O) groups is 1. The van der Waals surface area contributed by atoms with Crippen molar-refractivity contribution in [1.29, 1.82) is 0 Å². The van der Waals surface area contributed by atoms with Crippen molar-refractivity contribution < 1.29 is 4.79 Å².